The maximum atomic E-state index is 11.1. The van der Waals surface area contributed by atoms with Crippen LogP contribution in [0.2, 0.25) is 0 Å². The van der Waals surface area contributed by atoms with Crippen molar-refractivity contribution in [1.82, 2.24) is 5.32 Å². The van der Waals surface area contributed by atoms with Gasteiger partial charge in [0.1, 0.15) is 24.4 Å². The van der Waals surface area contributed by atoms with Gasteiger partial charge in [-0.05, 0) is 0 Å². The van der Waals surface area contributed by atoms with Crippen molar-refractivity contribution in [1.29, 1.82) is 0 Å². The Labute approximate surface area is 114 Å². The molecule has 1 rings (SSSR count). The lowest BCUT2D eigenvalue weighted by Crippen LogP contribution is -2.57. The van der Waals surface area contributed by atoms with E-state index in [1.807, 2.05) is 0 Å². The number of cyclic esters (lactones) is 1. The van der Waals surface area contributed by atoms with Crippen LogP contribution in [0, 0.1) is 0 Å². The Morgan fingerprint density at radius 3 is 2.40 bits per heavy atom. The molecule has 0 aromatic rings. The predicted octanol–water partition coefficient (Wildman–Crippen LogP) is -3.07. The van der Waals surface area contributed by atoms with Gasteiger partial charge in [0, 0.05) is 13.0 Å². The number of hydrogen-bond donors (Lipinski definition) is 6. The number of aliphatic hydroxyl groups is 5. The number of rotatable bonds is 6. The van der Waals surface area contributed by atoms with Gasteiger partial charge in [0.2, 0.25) is 11.7 Å². The number of carbonyl (C=O) groups is 2. The van der Waals surface area contributed by atoms with Crippen LogP contribution in [0.1, 0.15) is 6.92 Å². The average Bonchev–Trinajstić information content (AvgIpc) is 2.73. The maximum Gasteiger partial charge on any atom is 0.373 e. The maximum absolute atomic E-state index is 11.1. The molecule has 0 radical (unpaired) electrons. The quantitative estimate of drug-likeness (QED) is 0.281. The molecule has 1 aliphatic heterocycles. The minimum atomic E-state index is -1.79. The third kappa shape index (κ3) is 3.67. The Morgan fingerprint density at radius 2 is 2.00 bits per heavy atom. The summed E-state index contributed by atoms with van der Waals surface area (Å²) in [5.74, 6) is -2.31. The molecule has 5 atom stereocenters. The summed E-state index contributed by atoms with van der Waals surface area (Å²) in [7, 11) is 0. The number of hydrogen-bond acceptors (Lipinski definition) is 8. The molecule has 0 fully saturated rings. The van der Waals surface area contributed by atoms with Crippen LogP contribution >= 0.6 is 0 Å². The van der Waals surface area contributed by atoms with Crippen LogP contribution < -0.4 is 5.32 Å². The number of esters is 1. The molecule has 6 N–H and O–H groups in total. The van der Waals surface area contributed by atoms with Gasteiger partial charge in [-0.25, -0.2) is 4.79 Å². The SMILES string of the molecule is CC(=O)N[C@@H]([C@@H](O)[C@H](O)[C@@H](O)CO)[C@@H]1C=C(O)C(=O)O1. The van der Waals surface area contributed by atoms with Gasteiger partial charge in [-0.15, -0.1) is 0 Å². The normalized spacial score (nSPS) is 24.4. The average molecular weight is 291 g/mol. The molecule has 0 aromatic heterocycles. The van der Waals surface area contributed by atoms with E-state index in [2.05, 4.69) is 5.32 Å². The van der Waals surface area contributed by atoms with Crippen molar-refractivity contribution in [2.24, 2.45) is 0 Å². The second-order valence-electron chi connectivity index (χ2n) is 4.38. The summed E-state index contributed by atoms with van der Waals surface area (Å²) in [5, 5.41) is 49.0. The van der Waals surface area contributed by atoms with Gasteiger partial charge in [-0.3, -0.25) is 4.79 Å². The Morgan fingerprint density at radius 1 is 1.40 bits per heavy atom. The van der Waals surface area contributed by atoms with Crippen LogP contribution in [0.4, 0.5) is 0 Å². The highest BCUT2D eigenvalue weighted by Gasteiger charge is 2.40. The van der Waals surface area contributed by atoms with Gasteiger partial charge in [-0.1, -0.05) is 0 Å². The van der Waals surface area contributed by atoms with Crippen LogP contribution in [0.3, 0.4) is 0 Å². The van der Waals surface area contributed by atoms with E-state index in [1.165, 1.54) is 0 Å². The molecule has 0 aromatic carbocycles. The van der Waals surface area contributed by atoms with Gasteiger partial charge >= 0.3 is 5.97 Å². The number of nitrogens with one attached hydrogen (secondary N) is 1. The smallest absolute Gasteiger partial charge is 0.373 e. The molecule has 9 heteroatoms. The molecular weight excluding hydrogens is 274 g/mol. The van der Waals surface area contributed by atoms with Crippen molar-refractivity contribution in [3.63, 3.8) is 0 Å². The van der Waals surface area contributed by atoms with E-state index in [0.29, 0.717) is 0 Å². The Balaban J connectivity index is 2.89. The van der Waals surface area contributed by atoms with Crippen LogP contribution in [0.25, 0.3) is 0 Å². The lowest BCUT2D eigenvalue weighted by molar-refractivity contribution is -0.148. The second kappa shape index (κ2) is 6.66. The number of ether oxygens (including phenoxy) is 1. The second-order valence-corrected chi connectivity index (χ2v) is 4.38. The summed E-state index contributed by atoms with van der Waals surface area (Å²) in [6.45, 7) is 0.325. The lowest BCUT2D eigenvalue weighted by atomic mass is 9.96. The summed E-state index contributed by atoms with van der Waals surface area (Å²) in [5.41, 5.74) is 0. The van der Waals surface area contributed by atoms with Gasteiger partial charge in [0.25, 0.3) is 0 Å². The van der Waals surface area contributed by atoms with E-state index in [1.54, 1.807) is 0 Å². The first-order valence-corrected chi connectivity index (χ1v) is 5.81. The summed E-state index contributed by atoms with van der Waals surface area (Å²) in [4.78, 5) is 22.2. The molecule has 1 aliphatic rings. The van der Waals surface area contributed by atoms with Gasteiger partial charge in [-0.2, -0.15) is 0 Å². The highest BCUT2D eigenvalue weighted by Crippen LogP contribution is 2.19. The zero-order chi connectivity index (χ0) is 15.4. The predicted molar refractivity (Wildman–Crippen MR) is 63.3 cm³/mol. The zero-order valence-electron chi connectivity index (χ0n) is 10.6. The molecule has 0 aliphatic carbocycles. The Bertz CT molecular complexity index is 409. The van der Waals surface area contributed by atoms with Crippen molar-refractivity contribution in [2.45, 2.75) is 37.4 Å². The molecule has 0 saturated heterocycles. The van der Waals surface area contributed by atoms with Crippen molar-refractivity contribution < 1.29 is 39.9 Å². The molecule has 0 saturated carbocycles. The van der Waals surface area contributed by atoms with Crippen LogP contribution in [-0.4, -0.2) is 74.5 Å². The van der Waals surface area contributed by atoms with Crippen LogP contribution in [0.5, 0.6) is 0 Å². The monoisotopic (exact) mass is 291 g/mol. The summed E-state index contributed by atoms with van der Waals surface area (Å²) in [6, 6.07) is -1.29. The van der Waals surface area contributed by atoms with Crippen molar-refractivity contribution in [2.75, 3.05) is 6.61 Å². The molecule has 1 heterocycles. The van der Waals surface area contributed by atoms with Crippen molar-refractivity contribution >= 4 is 11.9 Å². The molecule has 114 valence electrons. The number of aliphatic hydroxyl groups excluding tert-OH is 5. The molecule has 0 bridgehead atoms. The van der Waals surface area contributed by atoms with Crippen LogP contribution in [0.15, 0.2) is 11.8 Å². The fourth-order valence-corrected chi connectivity index (χ4v) is 1.76. The highest BCUT2D eigenvalue weighted by molar-refractivity contribution is 5.88. The van der Waals surface area contributed by atoms with E-state index < -0.39 is 54.7 Å². The molecular formula is C11H17NO8. The van der Waals surface area contributed by atoms with Gasteiger partial charge in [0.15, 0.2) is 0 Å². The van der Waals surface area contributed by atoms with Gasteiger partial charge in [0.05, 0.1) is 12.6 Å². The van der Waals surface area contributed by atoms with Crippen molar-refractivity contribution in [3.8, 4) is 0 Å². The van der Waals surface area contributed by atoms with Gasteiger partial charge < -0.3 is 35.6 Å². The number of carbonyl (C=O) groups excluding carboxylic acids is 2. The number of amides is 1. The standard InChI is InChI=1S/C11H17NO8/c1-4(14)12-8(7-2-5(15)11(19)20-7)10(18)9(17)6(16)3-13/h2,6-10,13,15-18H,3H2,1H3,(H,12,14)/t6-,7-,8+,9+,10+/m0/s1. The molecule has 0 unspecified atom stereocenters. The van der Waals surface area contributed by atoms with E-state index >= 15 is 0 Å². The zero-order valence-corrected chi connectivity index (χ0v) is 10.6. The fourth-order valence-electron chi connectivity index (χ4n) is 1.76. The third-order valence-electron chi connectivity index (χ3n) is 2.80. The van der Waals surface area contributed by atoms with Crippen molar-refractivity contribution in [3.05, 3.63) is 11.8 Å². The highest BCUT2D eigenvalue weighted by atomic mass is 16.6. The summed E-state index contributed by atoms with van der Waals surface area (Å²) < 4.78 is 4.71. The molecule has 1 amide bonds. The lowest BCUT2D eigenvalue weighted by Gasteiger charge is -2.31. The van der Waals surface area contributed by atoms with E-state index in [-0.39, 0.29) is 0 Å². The first-order chi connectivity index (χ1) is 9.27. The minimum Gasteiger partial charge on any atom is -0.502 e. The first-order valence-electron chi connectivity index (χ1n) is 5.81. The van der Waals surface area contributed by atoms with E-state index in [9.17, 15) is 24.9 Å². The Hall–Kier alpha value is -1.68. The van der Waals surface area contributed by atoms with E-state index in [4.69, 9.17) is 14.9 Å². The summed E-state index contributed by atoms with van der Waals surface area (Å²) in [6.07, 6.45) is -5.41. The topological polar surface area (TPSA) is 157 Å². The van der Waals surface area contributed by atoms with Crippen LogP contribution in [-0.2, 0) is 14.3 Å². The molecule has 9 nitrogen and oxygen atoms in total. The largest absolute Gasteiger partial charge is 0.502 e. The fraction of sp³-hybridized carbons (Fsp3) is 0.636. The molecule has 0 spiro atoms. The molecule has 20 heavy (non-hydrogen) atoms. The Kier molecular flexibility index (Phi) is 5.45. The summed E-state index contributed by atoms with van der Waals surface area (Å²) >= 11 is 0. The minimum absolute atomic E-state index is 0.587. The first kappa shape index (κ1) is 16.4. The van der Waals surface area contributed by atoms with E-state index in [0.717, 1.165) is 13.0 Å². The third-order valence-corrected chi connectivity index (χ3v) is 2.80.